The van der Waals surface area contributed by atoms with Crippen molar-refractivity contribution in [2.24, 2.45) is 0 Å². The fourth-order valence-electron chi connectivity index (χ4n) is 4.27. The third kappa shape index (κ3) is 7.21. The van der Waals surface area contributed by atoms with Crippen LogP contribution < -0.4 is 15.5 Å². The number of carbonyl (C=O) groups excluding carboxylic acids is 1. The number of alkyl carbamates (subject to hydrolysis) is 1. The van der Waals surface area contributed by atoms with Crippen LogP contribution >= 0.6 is 0 Å². The largest absolute Gasteiger partial charge is 0.444 e. The zero-order valence-corrected chi connectivity index (χ0v) is 22.3. The van der Waals surface area contributed by atoms with Crippen LogP contribution in [0.3, 0.4) is 0 Å². The van der Waals surface area contributed by atoms with Gasteiger partial charge in [-0.3, -0.25) is 9.97 Å². The Hall–Kier alpha value is -4.22. The average Bonchev–Trinajstić information content (AvgIpc) is 2.87. The van der Waals surface area contributed by atoms with Crippen molar-refractivity contribution < 1.29 is 18.3 Å². The summed E-state index contributed by atoms with van der Waals surface area (Å²) in [4.78, 5) is 31.6. The zero-order valence-electron chi connectivity index (χ0n) is 22.3. The second-order valence-corrected chi connectivity index (χ2v) is 10.3. The number of anilines is 3. The van der Waals surface area contributed by atoms with Gasteiger partial charge in [-0.2, -0.15) is 0 Å². The predicted molar refractivity (Wildman–Crippen MR) is 145 cm³/mol. The van der Waals surface area contributed by atoms with E-state index in [1.54, 1.807) is 44.1 Å². The summed E-state index contributed by atoms with van der Waals surface area (Å²) in [5.74, 6) is 0.466. The number of carbonyl (C=O) groups is 1. The number of nitrogens with zero attached hydrogens (tertiary/aromatic N) is 5. The lowest BCUT2D eigenvalue weighted by Crippen LogP contribution is -2.49. The number of hydrogen-bond donors (Lipinski definition) is 3. The number of amides is 1. The van der Waals surface area contributed by atoms with Gasteiger partial charge < -0.3 is 25.7 Å². The molecule has 3 aromatic rings. The summed E-state index contributed by atoms with van der Waals surface area (Å²) < 4.78 is 33.3. The van der Waals surface area contributed by atoms with E-state index in [2.05, 4.69) is 30.6 Å². The van der Waals surface area contributed by atoms with Crippen LogP contribution in [-0.4, -0.2) is 57.0 Å². The molecule has 1 aliphatic heterocycles. The molecule has 0 spiro atoms. The van der Waals surface area contributed by atoms with Crippen LogP contribution in [0.25, 0.3) is 11.4 Å². The molecule has 4 rings (SSSR count). The summed E-state index contributed by atoms with van der Waals surface area (Å²) >= 11 is 0. The van der Waals surface area contributed by atoms with E-state index in [1.807, 2.05) is 6.92 Å². The lowest BCUT2D eigenvalue weighted by molar-refractivity contribution is 0.0499. The van der Waals surface area contributed by atoms with E-state index < -0.39 is 18.1 Å². The monoisotopic (exact) mass is 538 g/mol. The highest BCUT2D eigenvalue weighted by Gasteiger charge is 2.28. The number of aryl methyl sites for hydroxylation is 1. The molecule has 0 saturated carbocycles. The lowest BCUT2D eigenvalue weighted by Gasteiger charge is -2.35. The first kappa shape index (κ1) is 27.8. The van der Waals surface area contributed by atoms with Gasteiger partial charge in [0, 0.05) is 43.3 Å². The molecule has 206 valence electrons. The molecule has 0 bridgehead atoms. The predicted octanol–water partition coefficient (Wildman–Crippen LogP) is 5.41. The van der Waals surface area contributed by atoms with Crippen molar-refractivity contribution in [2.45, 2.75) is 58.6 Å². The SMILES string of the molecule is Cc1cncc(-c2cc(Nc3ccc(C(F)F)c(N4CCC[C@H](NC(=O)OC(C)(C)C)C4)n3)c(C=N)cn2)n1. The van der Waals surface area contributed by atoms with Crippen LogP contribution in [0.1, 0.15) is 56.9 Å². The molecular formula is C27H32F2N8O2. The molecule has 4 heterocycles. The van der Waals surface area contributed by atoms with E-state index in [0.717, 1.165) is 11.9 Å². The maximum absolute atomic E-state index is 14.0. The number of rotatable bonds is 7. The molecule has 12 heteroatoms. The number of pyridine rings is 2. The summed E-state index contributed by atoms with van der Waals surface area (Å²) in [6.45, 7) is 7.99. The van der Waals surface area contributed by atoms with Crippen molar-refractivity contribution in [3.63, 3.8) is 0 Å². The maximum Gasteiger partial charge on any atom is 0.407 e. The van der Waals surface area contributed by atoms with Crippen LogP contribution in [0.4, 0.5) is 30.9 Å². The molecule has 1 saturated heterocycles. The van der Waals surface area contributed by atoms with E-state index in [9.17, 15) is 13.6 Å². The molecule has 1 aliphatic rings. The Labute approximate surface area is 225 Å². The Bertz CT molecular complexity index is 1350. The van der Waals surface area contributed by atoms with E-state index in [1.165, 1.54) is 18.3 Å². The molecule has 1 fully saturated rings. The fraction of sp³-hybridized carbons (Fsp3) is 0.407. The highest BCUT2D eigenvalue weighted by Crippen LogP contribution is 2.33. The van der Waals surface area contributed by atoms with Gasteiger partial charge in [-0.15, -0.1) is 0 Å². The average molecular weight is 539 g/mol. The molecule has 1 atom stereocenters. The van der Waals surface area contributed by atoms with Gasteiger partial charge in [-0.1, -0.05) is 0 Å². The Morgan fingerprint density at radius 1 is 1.21 bits per heavy atom. The first-order valence-electron chi connectivity index (χ1n) is 12.6. The van der Waals surface area contributed by atoms with Crippen molar-refractivity contribution in [3.05, 3.63) is 53.6 Å². The highest BCUT2D eigenvalue weighted by atomic mass is 19.3. The summed E-state index contributed by atoms with van der Waals surface area (Å²) in [6, 6.07) is 4.26. The Morgan fingerprint density at radius 3 is 2.69 bits per heavy atom. The van der Waals surface area contributed by atoms with E-state index >= 15 is 0 Å². The topological polar surface area (TPSA) is 129 Å². The number of aromatic nitrogens is 4. The van der Waals surface area contributed by atoms with Crippen molar-refractivity contribution in [2.75, 3.05) is 23.3 Å². The first-order chi connectivity index (χ1) is 18.5. The second kappa shape index (κ2) is 11.7. The number of halogens is 2. The van der Waals surface area contributed by atoms with Gasteiger partial charge in [0.25, 0.3) is 6.43 Å². The minimum Gasteiger partial charge on any atom is -0.444 e. The maximum atomic E-state index is 14.0. The van der Waals surface area contributed by atoms with Crippen molar-refractivity contribution in [1.82, 2.24) is 25.3 Å². The third-order valence-electron chi connectivity index (χ3n) is 5.95. The van der Waals surface area contributed by atoms with E-state index in [-0.39, 0.29) is 17.4 Å². The normalized spacial score (nSPS) is 15.7. The molecule has 1 amide bonds. The zero-order chi connectivity index (χ0) is 28.2. The molecule has 0 radical (unpaired) electrons. The molecule has 3 aromatic heterocycles. The van der Waals surface area contributed by atoms with Crippen LogP contribution in [0, 0.1) is 12.3 Å². The van der Waals surface area contributed by atoms with Crippen molar-refractivity contribution in [3.8, 4) is 11.4 Å². The molecule has 39 heavy (non-hydrogen) atoms. The fourth-order valence-corrected chi connectivity index (χ4v) is 4.27. The van der Waals surface area contributed by atoms with Crippen LogP contribution in [0.15, 0.2) is 36.8 Å². The second-order valence-electron chi connectivity index (χ2n) is 10.3. The Kier molecular flexibility index (Phi) is 8.32. The molecule has 10 nitrogen and oxygen atoms in total. The highest BCUT2D eigenvalue weighted by molar-refractivity contribution is 5.88. The van der Waals surface area contributed by atoms with Gasteiger partial charge in [0.05, 0.1) is 28.8 Å². The minimum atomic E-state index is -2.73. The molecule has 0 unspecified atom stereocenters. The number of hydrogen-bond acceptors (Lipinski definition) is 9. The quantitative estimate of drug-likeness (QED) is 0.341. The lowest BCUT2D eigenvalue weighted by atomic mass is 10.0. The molecule has 0 aliphatic carbocycles. The van der Waals surface area contributed by atoms with Gasteiger partial charge >= 0.3 is 6.09 Å². The van der Waals surface area contributed by atoms with Gasteiger partial charge in [-0.25, -0.2) is 23.5 Å². The molecular weight excluding hydrogens is 506 g/mol. The van der Waals surface area contributed by atoms with Crippen LogP contribution in [0.5, 0.6) is 0 Å². The number of ether oxygens (including phenoxy) is 1. The van der Waals surface area contributed by atoms with Crippen molar-refractivity contribution in [1.29, 1.82) is 5.41 Å². The van der Waals surface area contributed by atoms with E-state index in [4.69, 9.17) is 10.1 Å². The number of nitrogens with one attached hydrogen (secondary N) is 3. The minimum absolute atomic E-state index is 0.140. The van der Waals surface area contributed by atoms with Gasteiger partial charge in [-0.05, 0) is 58.7 Å². The van der Waals surface area contributed by atoms with Gasteiger partial charge in [0.15, 0.2) is 0 Å². The summed E-state index contributed by atoms with van der Waals surface area (Å²) in [6.07, 6.45) is 4.01. The third-order valence-corrected chi connectivity index (χ3v) is 5.95. The Morgan fingerprint density at radius 2 is 2.00 bits per heavy atom. The summed E-state index contributed by atoms with van der Waals surface area (Å²) in [5.41, 5.74) is 2.00. The summed E-state index contributed by atoms with van der Waals surface area (Å²) in [7, 11) is 0. The summed E-state index contributed by atoms with van der Waals surface area (Å²) in [5, 5.41) is 13.8. The molecule has 0 aromatic carbocycles. The number of alkyl halides is 2. The molecule has 3 N–H and O–H groups in total. The van der Waals surface area contributed by atoms with Gasteiger partial charge in [0.2, 0.25) is 0 Å². The number of piperidine rings is 1. The van der Waals surface area contributed by atoms with Crippen molar-refractivity contribution >= 4 is 29.6 Å². The van der Waals surface area contributed by atoms with Gasteiger partial charge in [0.1, 0.15) is 22.9 Å². The van der Waals surface area contributed by atoms with Crippen LogP contribution in [-0.2, 0) is 4.74 Å². The first-order valence-corrected chi connectivity index (χ1v) is 12.6. The Balaban J connectivity index is 1.60. The van der Waals surface area contributed by atoms with Crippen LogP contribution in [0.2, 0.25) is 0 Å². The standard InChI is InChI=1S/C27H32F2N8O2/c1-16-12-31-14-22(33-16)21-10-20(17(11-30)13-32-21)35-23-8-7-19(24(28)29)25(36-23)37-9-5-6-18(15-37)34-26(38)39-27(2,3)4/h7-8,10-14,18,24,30H,5-6,9,15H2,1-4H3,(H,34,38)(H,32,35,36)/t18-/m0/s1. The van der Waals surface area contributed by atoms with E-state index in [0.29, 0.717) is 54.4 Å². The smallest absolute Gasteiger partial charge is 0.407 e.